The van der Waals surface area contributed by atoms with Gasteiger partial charge in [-0.15, -0.1) is 0 Å². The standard InChI is InChI=1S/C15H12N2O4S/c18-15-10-14(11-4-2-1-3-5-11)16-17(15)12-6-8-13(9-7-12)22(19,20)21/h1-9H,10H2,(H,19,20,21). The molecular formula is C15H12N2O4S. The molecule has 0 aromatic heterocycles. The zero-order chi connectivity index (χ0) is 15.7. The predicted octanol–water partition coefficient (Wildman–Crippen LogP) is 2.07. The molecule has 0 aliphatic carbocycles. The smallest absolute Gasteiger partial charge is 0.282 e. The van der Waals surface area contributed by atoms with Crippen LogP contribution < -0.4 is 5.01 Å². The number of benzene rings is 2. The molecule has 2 aromatic carbocycles. The Balaban J connectivity index is 1.92. The SMILES string of the molecule is O=C1CC(c2ccccc2)=NN1c1ccc(S(=O)(=O)O)cc1. The fourth-order valence-electron chi connectivity index (χ4n) is 2.18. The molecule has 1 amide bonds. The van der Waals surface area contributed by atoms with Crippen LogP contribution in [0.1, 0.15) is 12.0 Å². The maximum Gasteiger partial charge on any atom is 0.294 e. The fourth-order valence-corrected chi connectivity index (χ4v) is 2.66. The van der Waals surface area contributed by atoms with Crippen molar-refractivity contribution in [3.63, 3.8) is 0 Å². The maximum absolute atomic E-state index is 12.1. The molecule has 0 spiro atoms. The van der Waals surface area contributed by atoms with Gasteiger partial charge in [0.2, 0.25) is 0 Å². The van der Waals surface area contributed by atoms with Crippen LogP contribution in [0.3, 0.4) is 0 Å². The minimum atomic E-state index is -4.25. The van der Waals surface area contributed by atoms with Crippen molar-refractivity contribution in [1.29, 1.82) is 0 Å². The molecule has 7 heteroatoms. The Hall–Kier alpha value is -2.51. The highest BCUT2D eigenvalue weighted by atomic mass is 32.2. The van der Waals surface area contributed by atoms with Crippen molar-refractivity contribution in [1.82, 2.24) is 0 Å². The van der Waals surface area contributed by atoms with Gasteiger partial charge in [-0.1, -0.05) is 30.3 Å². The van der Waals surface area contributed by atoms with Crippen molar-refractivity contribution in [2.24, 2.45) is 5.10 Å². The summed E-state index contributed by atoms with van der Waals surface area (Å²) in [6, 6.07) is 14.7. The first-order valence-corrected chi connectivity index (χ1v) is 7.92. The zero-order valence-corrected chi connectivity index (χ0v) is 12.2. The second kappa shape index (κ2) is 5.36. The largest absolute Gasteiger partial charge is 0.294 e. The lowest BCUT2D eigenvalue weighted by atomic mass is 10.1. The minimum absolute atomic E-state index is 0.185. The summed E-state index contributed by atoms with van der Waals surface area (Å²) in [6.07, 6.45) is 0.185. The van der Waals surface area contributed by atoms with Gasteiger partial charge in [-0.3, -0.25) is 9.35 Å². The number of hydrogen-bond acceptors (Lipinski definition) is 4. The highest BCUT2D eigenvalue weighted by Gasteiger charge is 2.26. The highest BCUT2D eigenvalue weighted by molar-refractivity contribution is 7.85. The van der Waals surface area contributed by atoms with E-state index in [-0.39, 0.29) is 17.2 Å². The van der Waals surface area contributed by atoms with Gasteiger partial charge < -0.3 is 0 Å². The first-order valence-electron chi connectivity index (χ1n) is 6.48. The molecule has 0 saturated heterocycles. The molecule has 0 atom stereocenters. The lowest BCUT2D eigenvalue weighted by molar-refractivity contribution is -0.116. The maximum atomic E-state index is 12.1. The third-order valence-electron chi connectivity index (χ3n) is 3.26. The second-order valence-corrected chi connectivity index (χ2v) is 6.19. The normalized spacial score (nSPS) is 15.0. The summed E-state index contributed by atoms with van der Waals surface area (Å²) in [4.78, 5) is 11.9. The fraction of sp³-hybridized carbons (Fsp3) is 0.0667. The summed E-state index contributed by atoms with van der Waals surface area (Å²) in [5.41, 5.74) is 1.97. The van der Waals surface area contributed by atoms with Crippen molar-refractivity contribution >= 4 is 27.4 Å². The molecule has 3 rings (SSSR count). The van der Waals surface area contributed by atoms with Crippen LogP contribution in [0.2, 0.25) is 0 Å². The van der Waals surface area contributed by atoms with Gasteiger partial charge in [-0.05, 0) is 29.8 Å². The van der Waals surface area contributed by atoms with Gasteiger partial charge in [0.05, 0.1) is 22.7 Å². The molecule has 2 aromatic rings. The number of carbonyl (C=O) groups excluding carboxylic acids is 1. The minimum Gasteiger partial charge on any atom is -0.282 e. The van der Waals surface area contributed by atoms with Gasteiger partial charge >= 0.3 is 0 Å². The molecule has 0 fully saturated rings. The summed E-state index contributed by atoms with van der Waals surface area (Å²) in [5.74, 6) is -0.196. The van der Waals surface area contributed by atoms with Crippen LogP contribution in [0.25, 0.3) is 0 Å². The monoisotopic (exact) mass is 316 g/mol. The molecule has 112 valence electrons. The molecule has 0 unspecified atom stereocenters. The number of nitrogens with zero attached hydrogens (tertiary/aromatic N) is 2. The Labute approximate surface area is 127 Å². The molecular weight excluding hydrogens is 304 g/mol. The van der Waals surface area contributed by atoms with Crippen molar-refractivity contribution in [3.8, 4) is 0 Å². The molecule has 1 N–H and O–H groups in total. The number of amides is 1. The third-order valence-corrected chi connectivity index (χ3v) is 4.13. The Morgan fingerprint density at radius 2 is 1.64 bits per heavy atom. The van der Waals surface area contributed by atoms with E-state index < -0.39 is 10.1 Å². The lowest BCUT2D eigenvalue weighted by Crippen LogP contribution is -2.19. The molecule has 0 bridgehead atoms. The van der Waals surface area contributed by atoms with Crippen LogP contribution in [0.4, 0.5) is 5.69 Å². The highest BCUT2D eigenvalue weighted by Crippen LogP contribution is 2.24. The molecule has 1 aliphatic rings. The average molecular weight is 316 g/mol. The number of hydrazone groups is 1. The molecule has 1 heterocycles. The van der Waals surface area contributed by atoms with Crippen molar-refractivity contribution in [2.45, 2.75) is 11.3 Å². The summed E-state index contributed by atoms with van der Waals surface area (Å²) >= 11 is 0. The third kappa shape index (κ3) is 2.76. The van der Waals surface area contributed by atoms with E-state index in [1.54, 1.807) is 0 Å². The van der Waals surface area contributed by atoms with Gasteiger partial charge in [0.15, 0.2) is 0 Å². The number of carbonyl (C=O) groups is 1. The summed E-state index contributed by atoms with van der Waals surface area (Å²) in [5, 5.41) is 5.52. The van der Waals surface area contributed by atoms with Crippen molar-refractivity contribution in [3.05, 3.63) is 60.2 Å². The molecule has 0 saturated carbocycles. The van der Waals surface area contributed by atoms with Crippen LogP contribution in [-0.2, 0) is 14.9 Å². The van der Waals surface area contributed by atoms with Crippen molar-refractivity contribution in [2.75, 3.05) is 5.01 Å². The first-order chi connectivity index (χ1) is 10.4. The average Bonchev–Trinajstić information content (AvgIpc) is 2.89. The van der Waals surface area contributed by atoms with Crippen LogP contribution >= 0.6 is 0 Å². The van der Waals surface area contributed by atoms with Gasteiger partial charge in [0.1, 0.15) is 0 Å². The molecule has 22 heavy (non-hydrogen) atoms. The van der Waals surface area contributed by atoms with Gasteiger partial charge in [0, 0.05) is 0 Å². The Bertz CT molecular complexity index is 843. The molecule has 6 nitrogen and oxygen atoms in total. The number of anilines is 1. The van der Waals surface area contributed by atoms with E-state index in [0.29, 0.717) is 11.4 Å². The molecule has 0 radical (unpaired) electrons. The van der Waals surface area contributed by atoms with Gasteiger partial charge in [-0.2, -0.15) is 13.5 Å². The lowest BCUT2D eigenvalue weighted by Gasteiger charge is -2.11. The van der Waals surface area contributed by atoms with Crippen LogP contribution in [0, 0.1) is 0 Å². The van der Waals surface area contributed by atoms with E-state index in [9.17, 15) is 13.2 Å². The predicted molar refractivity (Wildman–Crippen MR) is 81.3 cm³/mol. The first kappa shape index (κ1) is 14.4. The van der Waals surface area contributed by atoms with Crippen molar-refractivity contribution < 1.29 is 17.8 Å². The molecule has 1 aliphatic heterocycles. The van der Waals surface area contributed by atoms with E-state index in [1.165, 1.54) is 29.3 Å². The quantitative estimate of drug-likeness (QED) is 0.878. The summed E-state index contributed by atoms with van der Waals surface area (Å²) < 4.78 is 31.0. The Morgan fingerprint density at radius 1 is 1.00 bits per heavy atom. The van der Waals surface area contributed by atoms with Crippen LogP contribution in [0.15, 0.2) is 64.6 Å². The zero-order valence-electron chi connectivity index (χ0n) is 11.4. The van der Waals surface area contributed by atoms with Crippen LogP contribution in [-0.4, -0.2) is 24.6 Å². The van der Waals surface area contributed by atoms with Gasteiger partial charge in [-0.25, -0.2) is 5.01 Å². The van der Waals surface area contributed by atoms with E-state index in [4.69, 9.17) is 4.55 Å². The van der Waals surface area contributed by atoms with E-state index >= 15 is 0 Å². The number of hydrogen-bond donors (Lipinski definition) is 1. The van der Waals surface area contributed by atoms with E-state index in [1.807, 2.05) is 30.3 Å². The number of rotatable bonds is 3. The Kier molecular flexibility index (Phi) is 3.51. The second-order valence-electron chi connectivity index (χ2n) is 4.76. The Morgan fingerprint density at radius 3 is 2.23 bits per heavy atom. The summed E-state index contributed by atoms with van der Waals surface area (Å²) in [6.45, 7) is 0. The van der Waals surface area contributed by atoms with Crippen LogP contribution in [0.5, 0.6) is 0 Å². The summed E-state index contributed by atoms with van der Waals surface area (Å²) in [7, 11) is -4.25. The van der Waals surface area contributed by atoms with E-state index in [2.05, 4.69) is 5.10 Å². The topological polar surface area (TPSA) is 87.0 Å². The van der Waals surface area contributed by atoms with Gasteiger partial charge in [0.25, 0.3) is 16.0 Å². The van der Waals surface area contributed by atoms with E-state index in [0.717, 1.165) is 5.56 Å².